The number of thioether (sulfide) groups is 1. The van der Waals surface area contributed by atoms with E-state index in [1.165, 1.54) is 6.33 Å². The lowest BCUT2D eigenvalue weighted by atomic mass is 10.5. The second kappa shape index (κ2) is 4.93. The molecule has 2 rings (SSSR count). The molecule has 6 nitrogen and oxygen atoms in total. The van der Waals surface area contributed by atoms with Crippen LogP contribution in [0.3, 0.4) is 0 Å². The zero-order chi connectivity index (χ0) is 11.4. The van der Waals surface area contributed by atoms with E-state index in [2.05, 4.69) is 25.4 Å². The molecule has 2 heterocycles. The third kappa shape index (κ3) is 2.48. The molecule has 2 aromatic rings. The summed E-state index contributed by atoms with van der Waals surface area (Å²) in [6, 6.07) is 0. The fraction of sp³-hybridized carbons (Fsp3) is 0.333. The van der Waals surface area contributed by atoms with Crippen molar-refractivity contribution in [1.29, 1.82) is 0 Å². The number of nitrogens with zero attached hydrogens (tertiary/aromatic N) is 5. The largest absolute Gasteiger partial charge is 0.372 e. The SMILES string of the molecule is CNc1cnc(CSc2ncnn2C)cn1. The van der Waals surface area contributed by atoms with Gasteiger partial charge in [0, 0.05) is 19.8 Å². The molecule has 0 aliphatic heterocycles. The predicted molar refractivity (Wildman–Crippen MR) is 62.1 cm³/mol. The van der Waals surface area contributed by atoms with Gasteiger partial charge in [0.2, 0.25) is 0 Å². The van der Waals surface area contributed by atoms with E-state index in [1.807, 2.05) is 14.1 Å². The fourth-order valence-corrected chi connectivity index (χ4v) is 1.89. The minimum Gasteiger partial charge on any atom is -0.372 e. The molecule has 0 saturated heterocycles. The minimum atomic E-state index is 0.740. The molecule has 2 aromatic heterocycles. The van der Waals surface area contributed by atoms with Crippen LogP contribution in [0.2, 0.25) is 0 Å². The number of nitrogens with one attached hydrogen (secondary N) is 1. The average Bonchev–Trinajstić information content (AvgIpc) is 2.73. The molecule has 16 heavy (non-hydrogen) atoms. The van der Waals surface area contributed by atoms with Crippen molar-refractivity contribution >= 4 is 17.6 Å². The molecule has 0 aromatic carbocycles. The Morgan fingerprint density at radius 3 is 2.75 bits per heavy atom. The van der Waals surface area contributed by atoms with Gasteiger partial charge in [-0.15, -0.1) is 0 Å². The van der Waals surface area contributed by atoms with Crippen LogP contribution < -0.4 is 5.32 Å². The molecular formula is C9H12N6S. The number of rotatable bonds is 4. The van der Waals surface area contributed by atoms with Gasteiger partial charge >= 0.3 is 0 Å². The molecule has 0 amide bonds. The molecule has 0 aliphatic rings. The highest BCUT2D eigenvalue weighted by atomic mass is 32.2. The Morgan fingerprint density at radius 2 is 2.19 bits per heavy atom. The van der Waals surface area contributed by atoms with Gasteiger partial charge < -0.3 is 5.32 Å². The quantitative estimate of drug-likeness (QED) is 0.797. The monoisotopic (exact) mass is 236 g/mol. The highest BCUT2D eigenvalue weighted by Gasteiger charge is 2.03. The van der Waals surface area contributed by atoms with E-state index < -0.39 is 0 Å². The normalized spacial score (nSPS) is 10.4. The minimum absolute atomic E-state index is 0.740. The van der Waals surface area contributed by atoms with Crippen LogP contribution >= 0.6 is 11.8 Å². The van der Waals surface area contributed by atoms with E-state index in [1.54, 1.807) is 28.8 Å². The van der Waals surface area contributed by atoms with E-state index >= 15 is 0 Å². The molecule has 84 valence electrons. The highest BCUT2D eigenvalue weighted by molar-refractivity contribution is 7.98. The van der Waals surface area contributed by atoms with Gasteiger partial charge in [0.1, 0.15) is 12.1 Å². The molecule has 0 saturated carbocycles. The lowest BCUT2D eigenvalue weighted by Crippen LogP contribution is -1.97. The van der Waals surface area contributed by atoms with Crippen LogP contribution in [0.15, 0.2) is 23.9 Å². The van der Waals surface area contributed by atoms with Crippen molar-refractivity contribution in [2.24, 2.45) is 7.05 Å². The van der Waals surface area contributed by atoms with Gasteiger partial charge in [0.15, 0.2) is 5.16 Å². The first-order valence-corrected chi connectivity index (χ1v) is 5.73. The number of anilines is 1. The van der Waals surface area contributed by atoms with Gasteiger partial charge in [-0.05, 0) is 0 Å². The van der Waals surface area contributed by atoms with Crippen LogP contribution in [0, 0.1) is 0 Å². The van der Waals surface area contributed by atoms with Gasteiger partial charge in [-0.1, -0.05) is 11.8 Å². The average molecular weight is 236 g/mol. The first-order chi connectivity index (χ1) is 7.79. The Bertz CT molecular complexity index is 451. The third-order valence-electron chi connectivity index (χ3n) is 1.98. The van der Waals surface area contributed by atoms with Crippen LogP contribution in [0.5, 0.6) is 0 Å². The summed E-state index contributed by atoms with van der Waals surface area (Å²) in [5.74, 6) is 1.51. The molecular weight excluding hydrogens is 224 g/mol. The molecule has 0 spiro atoms. The molecule has 1 N–H and O–H groups in total. The van der Waals surface area contributed by atoms with Crippen LogP contribution in [-0.4, -0.2) is 31.8 Å². The Kier molecular flexibility index (Phi) is 3.35. The summed E-state index contributed by atoms with van der Waals surface area (Å²) in [6.07, 6.45) is 5.01. The number of hydrogen-bond acceptors (Lipinski definition) is 6. The van der Waals surface area contributed by atoms with Gasteiger partial charge in [0.05, 0.1) is 18.1 Å². The standard InChI is InChI=1S/C9H12N6S/c1-10-8-4-11-7(3-12-8)5-16-9-13-6-14-15(9)2/h3-4,6H,5H2,1-2H3,(H,10,12). The maximum atomic E-state index is 4.28. The summed E-state index contributed by atoms with van der Waals surface area (Å²) in [5.41, 5.74) is 0.923. The van der Waals surface area contributed by atoms with Crippen LogP contribution in [-0.2, 0) is 12.8 Å². The summed E-state index contributed by atoms with van der Waals surface area (Å²) < 4.78 is 1.74. The summed E-state index contributed by atoms with van der Waals surface area (Å²) in [4.78, 5) is 12.6. The van der Waals surface area contributed by atoms with Crippen molar-refractivity contribution in [2.75, 3.05) is 12.4 Å². The molecule has 7 heteroatoms. The van der Waals surface area contributed by atoms with E-state index in [9.17, 15) is 0 Å². The number of hydrogen-bond donors (Lipinski definition) is 1. The summed E-state index contributed by atoms with van der Waals surface area (Å²) >= 11 is 1.59. The second-order valence-electron chi connectivity index (χ2n) is 3.10. The Balaban J connectivity index is 1.97. The Morgan fingerprint density at radius 1 is 1.31 bits per heavy atom. The van der Waals surface area contributed by atoms with E-state index in [4.69, 9.17) is 0 Å². The zero-order valence-corrected chi connectivity index (χ0v) is 9.90. The van der Waals surface area contributed by atoms with Crippen LogP contribution in [0.25, 0.3) is 0 Å². The van der Waals surface area contributed by atoms with Gasteiger partial charge in [-0.2, -0.15) is 5.10 Å². The maximum Gasteiger partial charge on any atom is 0.186 e. The molecule has 0 unspecified atom stereocenters. The topological polar surface area (TPSA) is 68.5 Å². The number of aryl methyl sites for hydroxylation is 1. The van der Waals surface area contributed by atoms with E-state index in [0.29, 0.717) is 0 Å². The summed E-state index contributed by atoms with van der Waals surface area (Å²) in [5, 5.41) is 7.80. The summed E-state index contributed by atoms with van der Waals surface area (Å²) in [6.45, 7) is 0. The van der Waals surface area contributed by atoms with E-state index in [0.717, 1.165) is 22.4 Å². The van der Waals surface area contributed by atoms with Crippen molar-refractivity contribution in [3.05, 3.63) is 24.4 Å². The van der Waals surface area contributed by atoms with Gasteiger partial charge in [-0.25, -0.2) is 14.6 Å². The van der Waals surface area contributed by atoms with E-state index in [-0.39, 0.29) is 0 Å². The van der Waals surface area contributed by atoms with Crippen molar-refractivity contribution in [3.63, 3.8) is 0 Å². The molecule has 0 aliphatic carbocycles. The van der Waals surface area contributed by atoms with Crippen molar-refractivity contribution in [3.8, 4) is 0 Å². The molecule has 0 atom stereocenters. The third-order valence-corrected chi connectivity index (χ3v) is 3.05. The number of aromatic nitrogens is 5. The first-order valence-electron chi connectivity index (χ1n) is 4.75. The lowest BCUT2D eigenvalue weighted by molar-refractivity contribution is 0.685. The predicted octanol–water partition coefficient (Wildman–Crippen LogP) is 0.939. The van der Waals surface area contributed by atoms with Gasteiger partial charge in [0.25, 0.3) is 0 Å². The smallest absolute Gasteiger partial charge is 0.186 e. The van der Waals surface area contributed by atoms with Gasteiger partial charge in [-0.3, -0.25) is 4.98 Å². The van der Waals surface area contributed by atoms with Crippen molar-refractivity contribution < 1.29 is 0 Å². The fourth-order valence-electron chi connectivity index (χ4n) is 1.11. The lowest BCUT2D eigenvalue weighted by Gasteiger charge is -2.01. The first kappa shape index (κ1) is 10.9. The molecule has 0 bridgehead atoms. The zero-order valence-electron chi connectivity index (χ0n) is 9.08. The van der Waals surface area contributed by atoms with Crippen molar-refractivity contribution in [1.82, 2.24) is 24.7 Å². The maximum absolute atomic E-state index is 4.28. The Hall–Kier alpha value is -1.63. The van der Waals surface area contributed by atoms with Crippen LogP contribution in [0.1, 0.15) is 5.69 Å². The Labute approximate surface area is 97.5 Å². The van der Waals surface area contributed by atoms with Crippen molar-refractivity contribution in [2.45, 2.75) is 10.9 Å². The summed E-state index contributed by atoms with van der Waals surface area (Å²) in [7, 11) is 3.68. The highest BCUT2D eigenvalue weighted by Crippen LogP contribution is 2.18. The molecule has 0 radical (unpaired) electrons. The van der Waals surface area contributed by atoms with Crippen LogP contribution in [0.4, 0.5) is 5.82 Å². The second-order valence-corrected chi connectivity index (χ2v) is 4.04. The molecule has 0 fully saturated rings.